The molecule has 4 N–H and O–H groups in total. The van der Waals surface area contributed by atoms with Crippen LogP contribution in [0.25, 0.3) is 0 Å². The van der Waals surface area contributed by atoms with Crippen molar-refractivity contribution in [3.8, 4) is 0 Å². The summed E-state index contributed by atoms with van der Waals surface area (Å²) in [5, 5.41) is 13.0. The van der Waals surface area contributed by atoms with Crippen LogP contribution in [0.15, 0.2) is 0 Å². The molecule has 5 heteroatoms. The Morgan fingerprint density at radius 2 is 2.00 bits per heavy atom. The first-order valence-electron chi connectivity index (χ1n) is 6.81. The molecule has 0 heterocycles. The van der Waals surface area contributed by atoms with Gasteiger partial charge in [-0.2, -0.15) is 0 Å². The van der Waals surface area contributed by atoms with Gasteiger partial charge in [0.2, 0.25) is 5.91 Å². The summed E-state index contributed by atoms with van der Waals surface area (Å²) < 4.78 is 5.34. The number of aliphatic hydroxyl groups excluding tert-OH is 1. The number of ether oxygens (including phenoxy) is 1. The van der Waals surface area contributed by atoms with Crippen molar-refractivity contribution in [2.24, 2.45) is 11.7 Å². The number of amides is 1. The molecule has 0 radical (unpaired) electrons. The zero-order valence-corrected chi connectivity index (χ0v) is 11.4. The maximum atomic E-state index is 11.0. The van der Waals surface area contributed by atoms with Crippen molar-refractivity contribution in [2.75, 3.05) is 13.2 Å². The minimum atomic E-state index is -0.471. The second kappa shape index (κ2) is 7.71. The van der Waals surface area contributed by atoms with E-state index in [0.717, 1.165) is 25.7 Å². The molecule has 1 atom stereocenters. The molecule has 0 aromatic carbocycles. The molecule has 0 saturated heterocycles. The predicted molar refractivity (Wildman–Crippen MR) is 70.0 cm³/mol. The summed E-state index contributed by atoms with van der Waals surface area (Å²) in [5.41, 5.74) is 5.29. The summed E-state index contributed by atoms with van der Waals surface area (Å²) in [6.45, 7) is 4.80. The summed E-state index contributed by atoms with van der Waals surface area (Å²) in [4.78, 5) is 11.0. The second-order valence-corrected chi connectivity index (χ2v) is 5.40. The van der Waals surface area contributed by atoms with Gasteiger partial charge in [0.15, 0.2) is 0 Å². The molecule has 5 nitrogen and oxygen atoms in total. The van der Waals surface area contributed by atoms with Gasteiger partial charge in [0, 0.05) is 18.5 Å². The van der Waals surface area contributed by atoms with Crippen LogP contribution in [0.1, 0.15) is 39.5 Å². The van der Waals surface area contributed by atoms with E-state index in [1.54, 1.807) is 0 Å². The quantitative estimate of drug-likeness (QED) is 0.617. The molecule has 0 bridgehead atoms. The highest BCUT2D eigenvalue weighted by atomic mass is 16.5. The van der Waals surface area contributed by atoms with Crippen LogP contribution in [0.4, 0.5) is 0 Å². The van der Waals surface area contributed by atoms with Gasteiger partial charge in [-0.3, -0.25) is 4.79 Å². The lowest BCUT2D eigenvalue weighted by molar-refractivity contribution is -0.122. The number of hydrogen-bond donors (Lipinski definition) is 3. The van der Waals surface area contributed by atoms with Gasteiger partial charge >= 0.3 is 0 Å². The van der Waals surface area contributed by atoms with E-state index in [4.69, 9.17) is 10.5 Å². The molecular weight excluding hydrogens is 232 g/mol. The topological polar surface area (TPSA) is 84.6 Å². The smallest absolute Gasteiger partial charge is 0.220 e. The van der Waals surface area contributed by atoms with Gasteiger partial charge in [-0.1, -0.05) is 0 Å². The largest absolute Gasteiger partial charge is 0.389 e. The maximum absolute atomic E-state index is 11.0. The van der Waals surface area contributed by atoms with E-state index in [1.165, 1.54) is 0 Å². The van der Waals surface area contributed by atoms with Crippen molar-refractivity contribution < 1.29 is 14.6 Å². The predicted octanol–water partition coefficient (Wildman–Crippen LogP) is 0.406. The van der Waals surface area contributed by atoms with Gasteiger partial charge in [0.25, 0.3) is 0 Å². The van der Waals surface area contributed by atoms with Crippen LogP contribution in [0, 0.1) is 5.92 Å². The van der Waals surface area contributed by atoms with Crippen molar-refractivity contribution >= 4 is 5.91 Å². The number of hydrogen-bond acceptors (Lipinski definition) is 4. The number of carbonyl (C=O) groups is 1. The zero-order chi connectivity index (χ0) is 13.5. The van der Waals surface area contributed by atoms with Crippen LogP contribution in [0.2, 0.25) is 0 Å². The molecule has 1 saturated carbocycles. The van der Waals surface area contributed by atoms with Crippen LogP contribution < -0.4 is 11.1 Å². The minimum absolute atomic E-state index is 0.0391. The summed E-state index contributed by atoms with van der Waals surface area (Å²) in [5.74, 6) is -0.143. The molecule has 1 unspecified atom stereocenters. The highest BCUT2D eigenvalue weighted by Gasteiger charge is 2.24. The summed E-state index contributed by atoms with van der Waals surface area (Å²) in [7, 11) is 0. The summed E-state index contributed by atoms with van der Waals surface area (Å²) in [6, 6.07) is 0.384. The number of nitrogens with two attached hydrogens (primary N) is 1. The molecule has 1 aliphatic carbocycles. The Bertz CT molecular complexity index is 251. The van der Waals surface area contributed by atoms with Gasteiger partial charge in [-0.05, 0) is 39.5 Å². The Balaban J connectivity index is 2.12. The number of primary amides is 1. The van der Waals surface area contributed by atoms with E-state index >= 15 is 0 Å². The fourth-order valence-corrected chi connectivity index (χ4v) is 2.25. The number of aliphatic hydroxyl groups is 1. The second-order valence-electron chi connectivity index (χ2n) is 5.40. The fourth-order valence-electron chi connectivity index (χ4n) is 2.25. The fraction of sp³-hybridized carbons (Fsp3) is 0.923. The Kier molecular flexibility index (Phi) is 6.60. The molecular formula is C13H26N2O3. The van der Waals surface area contributed by atoms with Crippen LogP contribution in [0.3, 0.4) is 0 Å². The van der Waals surface area contributed by atoms with Gasteiger partial charge in [0.05, 0.1) is 18.8 Å². The van der Waals surface area contributed by atoms with Gasteiger partial charge in [0.1, 0.15) is 0 Å². The molecule has 1 aliphatic rings. The van der Waals surface area contributed by atoms with Crippen LogP contribution in [-0.4, -0.2) is 42.4 Å². The van der Waals surface area contributed by atoms with Crippen molar-refractivity contribution in [3.05, 3.63) is 0 Å². The Morgan fingerprint density at radius 1 is 1.39 bits per heavy atom. The molecule has 0 aromatic heterocycles. The van der Waals surface area contributed by atoms with Crippen LogP contribution in [-0.2, 0) is 9.53 Å². The first-order chi connectivity index (χ1) is 8.49. The van der Waals surface area contributed by atoms with Crippen molar-refractivity contribution in [1.82, 2.24) is 5.32 Å². The standard InChI is InChI=1S/C13H26N2O3/c1-9(2)18-8-12(16)7-15-11-5-3-10(4-6-11)13(14)17/h9-12,15-16H,3-8H2,1-2H3,(H2,14,17). The van der Waals surface area contributed by atoms with Gasteiger partial charge in [-0.25, -0.2) is 0 Å². The Hall–Kier alpha value is -0.650. The maximum Gasteiger partial charge on any atom is 0.220 e. The van der Waals surface area contributed by atoms with Crippen LogP contribution in [0.5, 0.6) is 0 Å². The first-order valence-corrected chi connectivity index (χ1v) is 6.81. The SMILES string of the molecule is CC(C)OCC(O)CNC1CCC(C(N)=O)CC1. The zero-order valence-electron chi connectivity index (χ0n) is 11.4. The van der Waals surface area contributed by atoms with E-state index in [9.17, 15) is 9.90 Å². The number of nitrogens with one attached hydrogen (secondary N) is 1. The lowest BCUT2D eigenvalue weighted by atomic mass is 9.85. The normalized spacial score (nSPS) is 26.2. The van der Waals surface area contributed by atoms with Gasteiger partial charge in [-0.15, -0.1) is 0 Å². The molecule has 1 amide bonds. The van der Waals surface area contributed by atoms with E-state index in [-0.39, 0.29) is 17.9 Å². The van der Waals surface area contributed by atoms with Crippen molar-refractivity contribution in [3.63, 3.8) is 0 Å². The highest BCUT2D eigenvalue weighted by molar-refractivity contribution is 5.76. The third-order valence-corrected chi connectivity index (χ3v) is 3.39. The third kappa shape index (κ3) is 5.80. The molecule has 1 rings (SSSR count). The average Bonchev–Trinajstić information content (AvgIpc) is 2.34. The molecule has 106 valence electrons. The minimum Gasteiger partial charge on any atom is -0.389 e. The molecule has 1 fully saturated rings. The van der Waals surface area contributed by atoms with E-state index < -0.39 is 6.10 Å². The Morgan fingerprint density at radius 3 is 2.50 bits per heavy atom. The molecule has 0 spiro atoms. The summed E-state index contributed by atoms with van der Waals surface area (Å²) >= 11 is 0. The van der Waals surface area contributed by atoms with E-state index in [1.807, 2.05) is 13.8 Å². The first kappa shape index (κ1) is 15.4. The number of rotatable bonds is 7. The highest BCUT2D eigenvalue weighted by Crippen LogP contribution is 2.23. The van der Waals surface area contributed by atoms with Crippen molar-refractivity contribution in [1.29, 1.82) is 0 Å². The number of carbonyl (C=O) groups excluding carboxylic acids is 1. The van der Waals surface area contributed by atoms with E-state index in [2.05, 4.69) is 5.32 Å². The molecule has 18 heavy (non-hydrogen) atoms. The van der Waals surface area contributed by atoms with Crippen LogP contribution >= 0.6 is 0 Å². The van der Waals surface area contributed by atoms with Crippen molar-refractivity contribution in [2.45, 2.75) is 57.8 Å². The average molecular weight is 258 g/mol. The summed E-state index contributed by atoms with van der Waals surface area (Å²) in [6.07, 6.45) is 3.28. The monoisotopic (exact) mass is 258 g/mol. The molecule has 0 aromatic rings. The molecule has 0 aliphatic heterocycles. The van der Waals surface area contributed by atoms with Gasteiger partial charge < -0.3 is 20.9 Å². The third-order valence-electron chi connectivity index (χ3n) is 3.39. The van der Waals surface area contributed by atoms with E-state index in [0.29, 0.717) is 19.2 Å². The lowest BCUT2D eigenvalue weighted by Gasteiger charge is -2.28. The Labute approximate surface area is 109 Å². The lowest BCUT2D eigenvalue weighted by Crippen LogP contribution is -2.41.